The van der Waals surface area contributed by atoms with Crippen LogP contribution in [0.1, 0.15) is 34.1 Å². The van der Waals surface area contributed by atoms with Crippen molar-refractivity contribution in [1.29, 1.82) is 0 Å². The zero-order chi connectivity index (χ0) is 11.7. The molecule has 4 heteroatoms. The Hall–Kier alpha value is -1.58. The summed E-state index contributed by atoms with van der Waals surface area (Å²) in [5.41, 5.74) is 7.18. The van der Waals surface area contributed by atoms with E-state index < -0.39 is 0 Å². The lowest BCUT2D eigenvalue weighted by Gasteiger charge is -1.90. The van der Waals surface area contributed by atoms with Crippen LogP contribution in [0, 0.1) is 0 Å². The van der Waals surface area contributed by atoms with E-state index in [0.717, 1.165) is 11.0 Å². The summed E-state index contributed by atoms with van der Waals surface area (Å²) in [5.74, 6) is 0.495. The van der Waals surface area contributed by atoms with Gasteiger partial charge in [-0.05, 0) is 6.07 Å². The number of rotatable bonds is 0. The molecule has 0 fully saturated rings. The molecule has 0 bridgehead atoms. The standard InChI is InChI=1S/C6H6N4.C3H8.C2H6/c7-6-5-4(1-2-8-5)9-3-10-6;1-3-2;1-2/h1-3,8H,(H2,7,9,10);3H2,1-2H3;1-2H3. The maximum absolute atomic E-state index is 5.52. The number of nitrogens with one attached hydrogen (secondary N) is 1. The molecule has 2 heterocycles. The molecule has 0 aliphatic heterocycles. The second-order valence-corrected chi connectivity index (χ2v) is 2.70. The third kappa shape index (κ3) is 3.97. The number of H-pyrrole nitrogens is 1. The van der Waals surface area contributed by atoms with Crippen molar-refractivity contribution >= 4 is 16.9 Å². The quantitative estimate of drug-likeness (QED) is 0.699. The lowest BCUT2D eigenvalue weighted by Crippen LogP contribution is -1.91. The van der Waals surface area contributed by atoms with Crippen LogP contribution in [-0.2, 0) is 0 Å². The number of nitrogens with two attached hydrogens (primary N) is 1. The minimum absolute atomic E-state index is 0.495. The fourth-order valence-corrected chi connectivity index (χ4v) is 0.892. The van der Waals surface area contributed by atoms with E-state index in [1.54, 1.807) is 6.20 Å². The third-order valence-electron chi connectivity index (χ3n) is 1.37. The molecule has 0 aliphatic carbocycles. The average molecular weight is 208 g/mol. The predicted molar refractivity (Wildman–Crippen MR) is 65.6 cm³/mol. The van der Waals surface area contributed by atoms with Crippen LogP contribution in [0.25, 0.3) is 11.0 Å². The number of nitrogens with zero attached hydrogens (tertiary/aromatic N) is 2. The van der Waals surface area contributed by atoms with Gasteiger partial charge >= 0.3 is 0 Å². The lowest BCUT2D eigenvalue weighted by molar-refractivity contribution is 1.09. The summed E-state index contributed by atoms with van der Waals surface area (Å²) < 4.78 is 0. The molecule has 0 aliphatic rings. The Morgan fingerprint density at radius 1 is 1.27 bits per heavy atom. The first-order chi connectivity index (χ1) is 7.29. The van der Waals surface area contributed by atoms with Crippen LogP contribution in [0.15, 0.2) is 18.6 Å². The fraction of sp³-hybridized carbons (Fsp3) is 0.455. The summed E-state index contributed by atoms with van der Waals surface area (Å²) in [4.78, 5) is 10.7. The second kappa shape index (κ2) is 7.79. The number of hydrogen-bond acceptors (Lipinski definition) is 3. The predicted octanol–water partition coefficient (Wildman–Crippen LogP) is 2.98. The highest BCUT2D eigenvalue weighted by Crippen LogP contribution is 2.12. The molecule has 0 aromatic carbocycles. The Morgan fingerprint density at radius 2 is 1.87 bits per heavy atom. The first kappa shape index (κ1) is 13.4. The Morgan fingerprint density at radius 3 is 2.40 bits per heavy atom. The van der Waals surface area contributed by atoms with Crippen LogP contribution in [0.3, 0.4) is 0 Å². The summed E-state index contributed by atoms with van der Waals surface area (Å²) in [6.07, 6.45) is 4.49. The maximum Gasteiger partial charge on any atom is 0.151 e. The summed E-state index contributed by atoms with van der Waals surface area (Å²) in [5, 5.41) is 0. The van der Waals surface area contributed by atoms with Crippen molar-refractivity contribution in [2.75, 3.05) is 5.73 Å². The van der Waals surface area contributed by atoms with Crippen LogP contribution < -0.4 is 5.73 Å². The molecule has 84 valence electrons. The number of aromatic amines is 1. The summed E-state index contributed by atoms with van der Waals surface area (Å²) in [6.45, 7) is 8.25. The highest BCUT2D eigenvalue weighted by Gasteiger charge is 1.97. The molecule has 0 saturated heterocycles. The van der Waals surface area contributed by atoms with Gasteiger partial charge in [-0.3, -0.25) is 0 Å². The van der Waals surface area contributed by atoms with Gasteiger partial charge in [0, 0.05) is 6.20 Å². The normalized spacial score (nSPS) is 8.53. The van der Waals surface area contributed by atoms with Crippen molar-refractivity contribution < 1.29 is 0 Å². The van der Waals surface area contributed by atoms with Crippen molar-refractivity contribution in [3.63, 3.8) is 0 Å². The molecule has 0 spiro atoms. The van der Waals surface area contributed by atoms with Crippen molar-refractivity contribution in [3.05, 3.63) is 18.6 Å². The molecular formula is C11H20N4. The monoisotopic (exact) mass is 208 g/mol. The largest absolute Gasteiger partial charge is 0.382 e. The van der Waals surface area contributed by atoms with Gasteiger partial charge in [-0.1, -0.05) is 34.1 Å². The summed E-state index contributed by atoms with van der Waals surface area (Å²) in [6, 6.07) is 1.85. The van der Waals surface area contributed by atoms with Gasteiger partial charge in [0.15, 0.2) is 5.82 Å². The number of aromatic nitrogens is 3. The van der Waals surface area contributed by atoms with Gasteiger partial charge < -0.3 is 10.7 Å². The molecule has 0 amide bonds. The van der Waals surface area contributed by atoms with Gasteiger partial charge in [-0.25, -0.2) is 9.97 Å². The van der Waals surface area contributed by atoms with Gasteiger partial charge in [0.1, 0.15) is 11.8 Å². The van der Waals surface area contributed by atoms with Gasteiger partial charge in [0.25, 0.3) is 0 Å². The molecule has 0 radical (unpaired) electrons. The molecule has 2 rings (SSSR count). The van der Waals surface area contributed by atoms with E-state index in [4.69, 9.17) is 5.73 Å². The van der Waals surface area contributed by atoms with E-state index in [1.165, 1.54) is 12.7 Å². The Labute approximate surface area is 90.9 Å². The summed E-state index contributed by atoms with van der Waals surface area (Å²) in [7, 11) is 0. The SMILES string of the molecule is CC.CCC.Nc1ncnc2cc[nH]c12. The van der Waals surface area contributed by atoms with Gasteiger partial charge in [-0.2, -0.15) is 0 Å². The van der Waals surface area contributed by atoms with Gasteiger partial charge in [0.05, 0.1) is 5.52 Å². The van der Waals surface area contributed by atoms with Crippen LogP contribution in [-0.4, -0.2) is 15.0 Å². The second-order valence-electron chi connectivity index (χ2n) is 2.70. The van der Waals surface area contributed by atoms with Crippen molar-refractivity contribution in [2.24, 2.45) is 0 Å². The first-order valence-corrected chi connectivity index (χ1v) is 5.33. The van der Waals surface area contributed by atoms with Crippen molar-refractivity contribution in [2.45, 2.75) is 34.1 Å². The van der Waals surface area contributed by atoms with E-state index in [1.807, 2.05) is 19.9 Å². The lowest BCUT2D eigenvalue weighted by atomic mass is 10.4. The average Bonchev–Trinajstić information content (AvgIpc) is 2.71. The molecule has 4 nitrogen and oxygen atoms in total. The maximum atomic E-state index is 5.52. The molecule has 2 aromatic heterocycles. The Bertz CT molecular complexity index is 367. The molecule has 2 aromatic rings. The van der Waals surface area contributed by atoms with Gasteiger partial charge in [-0.15, -0.1) is 0 Å². The van der Waals surface area contributed by atoms with E-state index in [0.29, 0.717) is 5.82 Å². The van der Waals surface area contributed by atoms with Gasteiger partial charge in [0.2, 0.25) is 0 Å². The number of nitrogen functional groups attached to an aromatic ring is 1. The van der Waals surface area contributed by atoms with E-state index >= 15 is 0 Å². The minimum Gasteiger partial charge on any atom is -0.382 e. The van der Waals surface area contributed by atoms with Crippen LogP contribution >= 0.6 is 0 Å². The van der Waals surface area contributed by atoms with Crippen LogP contribution in [0.4, 0.5) is 5.82 Å². The van der Waals surface area contributed by atoms with E-state index in [9.17, 15) is 0 Å². The van der Waals surface area contributed by atoms with E-state index in [2.05, 4.69) is 28.8 Å². The van der Waals surface area contributed by atoms with Crippen molar-refractivity contribution in [3.8, 4) is 0 Å². The Balaban J connectivity index is 0.000000342. The third-order valence-corrected chi connectivity index (χ3v) is 1.37. The number of fused-ring (bicyclic) bond motifs is 1. The summed E-state index contributed by atoms with van der Waals surface area (Å²) >= 11 is 0. The Kier molecular flexibility index (Phi) is 6.97. The van der Waals surface area contributed by atoms with Crippen LogP contribution in [0.5, 0.6) is 0 Å². The fourth-order valence-electron chi connectivity index (χ4n) is 0.892. The molecule has 15 heavy (non-hydrogen) atoms. The molecule has 0 saturated carbocycles. The van der Waals surface area contributed by atoms with Crippen molar-refractivity contribution in [1.82, 2.24) is 15.0 Å². The van der Waals surface area contributed by atoms with Crippen LogP contribution in [0.2, 0.25) is 0 Å². The highest BCUT2D eigenvalue weighted by molar-refractivity contribution is 5.83. The smallest absolute Gasteiger partial charge is 0.151 e. The topological polar surface area (TPSA) is 67.6 Å². The minimum atomic E-state index is 0.495. The zero-order valence-electron chi connectivity index (χ0n) is 9.91. The molecule has 3 N–H and O–H groups in total. The molecule has 0 unspecified atom stereocenters. The number of anilines is 1. The first-order valence-electron chi connectivity index (χ1n) is 5.33. The number of hydrogen-bond donors (Lipinski definition) is 2. The van der Waals surface area contributed by atoms with E-state index in [-0.39, 0.29) is 0 Å². The molecule has 0 atom stereocenters. The molecular weight excluding hydrogens is 188 g/mol. The zero-order valence-corrected chi connectivity index (χ0v) is 9.91. The highest BCUT2D eigenvalue weighted by atomic mass is 14.9.